The Morgan fingerprint density at radius 3 is 2.64 bits per heavy atom. The van der Waals surface area contributed by atoms with Crippen molar-refractivity contribution >= 4 is 17.5 Å². The van der Waals surface area contributed by atoms with E-state index in [4.69, 9.17) is 16.3 Å². The first-order chi connectivity index (χ1) is 12.1. The monoisotopic (exact) mass is 361 g/mol. The highest BCUT2D eigenvalue weighted by atomic mass is 35.5. The molecular formula is C20H21ClFNO2. The van der Waals surface area contributed by atoms with Crippen LogP contribution in [0.5, 0.6) is 5.75 Å². The number of rotatable bonds is 3. The van der Waals surface area contributed by atoms with Gasteiger partial charge < -0.3 is 9.64 Å². The molecular weight excluding hydrogens is 341 g/mol. The van der Waals surface area contributed by atoms with Crippen LogP contribution in [0.3, 0.4) is 0 Å². The molecule has 0 aliphatic carbocycles. The number of nitrogens with zero attached hydrogens (tertiary/aromatic N) is 1. The summed E-state index contributed by atoms with van der Waals surface area (Å²) in [4.78, 5) is 14.7. The van der Waals surface area contributed by atoms with Crippen LogP contribution < -0.4 is 4.74 Å². The number of hydrogen-bond donors (Lipinski definition) is 0. The topological polar surface area (TPSA) is 29.5 Å². The third-order valence-electron chi connectivity index (χ3n) is 4.70. The molecule has 25 heavy (non-hydrogen) atoms. The lowest BCUT2D eigenvalue weighted by molar-refractivity contribution is 0.0754. The molecule has 2 aromatic rings. The van der Waals surface area contributed by atoms with Gasteiger partial charge in [-0.3, -0.25) is 4.79 Å². The van der Waals surface area contributed by atoms with Gasteiger partial charge in [0.25, 0.3) is 5.91 Å². The van der Waals surface area contributed by atoms with Gasteiger partial charge in [0, 0.05) is 29.6 Å². The molecule has 0 aromatic heterocycles. The zero-order valence-corrected chi connectivity index (χ0v) is 14.9. The molecule has 1 aliphatic rings. The summed E-state index contributed by atoms with van der Waals surface area (Å²) in [5, 5.41) is 0.707. The Kier molecular flexibility index (Phi) is 5.59. The van der Waals surface area contributed by atoms with E-state index in [1.165, 1.54) is 24.8 Å². The molecule has 1 saturated heterocycles. The molecule has 3 nitrogen and oxygen atoms in total. The summed E-state index contributed by atoms with van der Waals surface area (Å²) < 4.78 is 18.8. The Labute approximate surface area is 152 Å². The summed E-state index contributed by atoms with van der Waals surface area (Å²) in [7, 11) is 1.41. The lowest BCUT2D eigenvalue weighted by Crippen LogP contribution is -2.34. The fourth-order valence-electron chi connectivity index (χ4n) is 3.32. The van der Waals surface area contributed by atoms with E-state index >= 15 is 0 Å². The number of halogens is 2. The van der Waals surface area contributed by atoms with Gasteiger partial charge in [-0.05, 0) is 48.7 Å². The number of amides is 1. The third kappa shape index (κ3) is 4.13. The summed E-state index contributed by atoms with van der Waals surface area (Å²) in [5.41, 5.74) is 1.54. The van der Waals surface area contributed by atoms with Gasteiger partial charge in [0.2, 0.25) is 0 Å². The molecule has 3 rings (SSSR count). The van der Waals surface area contributed by atoms with E-state index in [1.807, 2.05) is 29.2 Å². The van der Waals surface area contributed by atoms with Crippen LogP contribution in [0.4, 0.5) is 4.39 Å². The molecule has 1 aliphatic heterocycles. The lowest BCUT2D eigenvalue weighted by atomic mass is 9.94. The van der Waals surface area contributed by atoms with Crippen molar-refractivity contribution in [3.05, 3.63) is 64.4 Å². The zero-order valence-electron chi connectivity index (χ0n) is 14.2. The highest BCUT2D eigenvalue weighted by Crippen LogP contribution is 2.28. The molecule has 0 N–H and O–H groups in total. The molecule has 0 unspecified atom stereocenters. The summed E-state index contributed by atoms with van der Waals surface area (Å²) in [6.07, 6.45) is 3.05. The van der Waals surface area contributed by atoms with E-state index in [1.54, 1.807) is 6.07 Å². The Bertz CT molecular complexity index is 748. The zero-order chi connectivity index (χ0) is 17.8. The van der Waals surface area contributed by atoms with Crippen LogP contribution in [0.15, 0.2) is 42.5 Å². The Balaban J connectivity index is 1.79. The van der Waals surface area contributed by atoms with Crippen LogP contribution in [0.1, 0.15) is 41.1 Å². The second-order valence-electron chi connectivity index (χ2n) is 6.34. The maximum Gasteiger partial charge on any atom is 0.253 e. The molecule has 1 fully saturated rings. The molecule has 0 bridgehead atoms. The third-order valence-corrected chi connectivity index (χ3v) is 4.95. The summed E-state index contributed by atoms with van der Waals surface area (Å²) >= 11 is 5.97. The first kappa shape index (κ1) is 17.7. The SMILES string of the molecule is COc1ccc(C(=O)N2CCCC[C@@H](c3ccc(Cl)cc3)C2)cc1F. The number of methoxy groups -OCH3 is 1. The van der Waals surface area contributed by atoms with Crippen LogP contribution in [-0.2, 0) is 0 Å². The summed E-state index contributed by atoms with van der Waals surface area (Å²) in [6, 6.07) is 12.2. The van der Waals surface area contributed by atoms with E-state index in [9.17, 15) is 9.18 Å². The van der Waals surface area contributed by atoms with Crippen molar-refractivity contribution in [2.75, 3.05) is 20.2 Å². The van der Waals surface area contributed by atoms with Gasteiger partial charge in [0.05, 0.1) is 7.11 Å². The van der Waals surface area contributed by atoms with E-state index in [2.05, 4.69) is 0 Å². The molecule has 132 valence electrons. The van der Waals surface area contributed by atoms with Crippen molar-refractivity contribution < 1.29 is 13.9 Å². The number of ether oxygens (including phenoxy) is 1. The van der Waals surface area contributed by atoms with E-state index in [-0.39, 0.29) is 17.6 Å². The van der Waals surface area contributed by atoms with Crippen LogP contribution in [-0.4, -0.2) is 31.0 Å². The van der Waals surface area contributed by atoms with Crippen molar-refractivity contribution in [3.63, 3.8) is 0 Å². The number of benzene rings is 2. The average molecular weight is 362 g/mol. The van der Waals surface area contributed by atoms with Crippen LogP contribution in [0.2, 0.25) is 5.02 Å². The predicted octanol–water partition coefficient (Wildman–Crippen LogP) is 4.90. The van der Waals surface area contributed by atoms with Crippen LogP contribution in [0, 0.1) is 5.82 Å². The van der Waals surface area contributed by atoms with Gasteiger partial charge in [-0.25, -0.2) is 4.39 Å². The molecule has 0 spiro atoms. The van der Waals surface area contributed by atoms with E-state index < -0.39 is 5.82 Å². The largest absolute Gasteiger partial charge is 0.494 e. The smallest absolute Gasteiger partial charge is 0.253 e. The molecule has 2 aromatic carbocycles. The molecule has 5 heteroatoms. The number of carbonyl (C=O) groups is 1. The lowest BCUT2D eigenvalue weighted by Gasteiger charge is -2.25. The first-order valence-corrected chi connectivity index (χ1v) is 8.84. The van der Waals surface area contributed by atoms with Crippen molar-refractivity contribution in [1.82, 2.24) is 4.90 Å². The maximum atomic E-state index is 13.9. The minimum absolute atomic E-state index is 0.137. The minimum atomic E-state index is -0.516. The first-order valence-electron chi connectivity index (χ1n) is 8.47. The molecule has 1 atom stereocenters. The van der Waals surface area contributed by atoms with Gasteiger partial charge in [-0.2, -0.15) is 0 Å². The van der Waals surface area contributed by atoms with Crippen molar-refractivity contribution in [2.24, 2.45) is 0 Å². The van der Waals surface area contributed by atoms with Crippen LogP contribution in [0.25, 0.3) is 0 Å². The maximum absolute atomic E-state index is 13.9. The number of hydrogen-bond acceptors (Lipinski definition) is 2. The summed E-state index contributed by atoms with van der Waals surface area (Å²) in [6.45, 7) is 1.32. The Morgan fingerprint density at radius 1 is 1.20 bits per heavy atom. The molecule has 0 radical (unpaired) electrons. The van der Waals surface area contributed by atoms with Crippen LogP contribution >= 0.6 is 11.6 Å². The second kappa shape index (κ2) is 7.87. The standard InChI is InChI=1S/C20H21ClFNO2/c1-25-19-10-7-15(12-18(19)22)20(24)23-11-3-2-4-16(13-23)14-5-8-17(21)9-6-14/h5-10,12,16H,2-4,11,13H2,1H3/t16-/m1/s1. The Morgan fingerprint density at radius 2 is 1.96 bits per heavy atom. The molecule has 1 amide bonds. The normalized spacial score (nSPS) is 17.9. The highest BCUT2D eigenvalue weighted by molar-refractivity contribution is 6.30. The van der Waals surface area contributed by atoms with Gasteiger partial charge in [0.15, 0.2) is 11.6 Å². The van der Waals surface area contributed by atoms with Gasteiger partial charge in [-0.1, -0.05) is 30.2 Å². The summed E-state index contributed by atoms with van der Waals surface area (Å²) in [5.74, 6) is -0.238. The van der Waals surface area contributed by atoms with Crippen molar-refractivity contribution in [2.45, 2.75) is 25.2 Å². The molecule has 0 saturated carbocycles. The van der Waals surface area contributed by atoms with Gasteiger partial charge >= 0.3 is 0 Å². The highest BCUT2D eigenvalue weighted by Gasteiger charge is 2.24. The quantitative estimate of drug-likeness (QED) is 0.778. The number of carbonyl (C=O) groups excluding carboxylic acids is 1. The fourth-order valence-corrected chi connectivity index (χ4v) is 3.44. The van der Waals surface area contributed by atoms with E-state index in [0.29, 0.717) is 23.7 Å². The minimum Gasteiger partial charge on any atom is -0.494 e. The predicted molar refractivity (Wildman–Crippen MR) is 96.9 cm³/mol. The Hall–Kier alpha value is -2.07. The van der Waals surface area contributed by atoms with Gasteiger partial charge in [-0.15, -0.1) is 0 Å². The fraction of sp³-hybridized carbons (Fsp3) is 0.350. The second-order valence-corrected chi connectivity index (χ2v) is 6.78. The van der Waals surface area contributed by atoms with Gasteiger partial charge in [0.1, 0.15) is 0 Å². The molecule has 1 heterocycles. The van der Waals surface area contributed by atoms with Crippen molar-refractivity contribution in [1.29, 1.82) is 0 Å². The van der Waals surface area contributed by atoms with E-state index in [0.717, 1.165) is 19.3 Å². The average Bonchev–Trinajstić information content (AvgIpc) is 2.88. The number of likely N-dealkylation sites (tertiary alicyclic amines) is 1. The van der Waals surface area contributed by atoms with Crippen molar-refractivity contribution in [3.8, 4) is 5.75 Å².